The second-order valence-corrected chi connectivity index (χ2v) is 8.37. The fourth-order valence-corrected chi connectivity index (χ4v) is 5.08. The largest absolute Gasteiger partial charge is 0.397 e. The molecule has 6 rings (SSSR count). The van der Waals surface area contributed by atoms with Crippen LogP contribution in [-0.2, 0) is 25.9 Å². The number of hydrogen-bond acceptors (Lipinski definition) is 5. The molecule has 31 heavy (non-hydrogen) atoms. The van der Waals surface area contributed by atoms with Crippen molar-refractivity contribution in [2.75, 3.05) is 12.3 Å². The van der Waals surface area contributed by atoms with Gasteiger partial charge in [0.25, 0.3) is 0 Å². The maximum Gasteiger partial charge on any atom is 0.165 e. The van der Waals surface area contributed by atoms with Crippen molar-refractivity contribution in [2.45, 2.75) is 32.0 Å². The topological polar surface area (TPSA) is 72.9 Å². The number of pyridine rings is 1. The van der Waals surface area contributed by atoms with Gasteiger partial charge in [-0.1, -0.05) is 48.5 Å². The molecule has 1 aliphatic carbocycles. The van der Waals surface area contributed by atoms with E-state index in [4.69, 9.17) is 5.73 Å². The number of anilines is 1. The number of aromatic nitrogens is 4. The standard InChI is InChI=1S/C25H24N6/c26-20-13-19(14-27-15-20)25-29-28-23-16-30(11-12-31(23)25)24-21-7-3-1-5-17(21)9-10-18-6-2-4-8-22(18)24/h1-8,13-15,24H,9-12,16,26H2. The molecule has 6 nitrogen and oxygen atoms in total. The van der Waals surface area contributed by atoms with E-state index in [1.54, 1.807) is 12.4 Å². The van der Waals surface area contributed by atoms with E-state index in [1.807, 2.05) is 6.07 Å². The fraction of sp³-hybridized carbons (Fsp3) is 0.240. The predicted octanol–water partition coefficient (Wildman–Crippen LogP) is 3.63. The van der Waals surface area contributed by atoms with Crippen LogP contribution < -0.4 is 5.73 Å². The van der Waals surface area contributed by atoms with E-state index in [-0.39, 0.29) is 6.04 Å². The Morgan fingerprint density at radius 2 is 1.55 bits per heavy atom. The van der Waals surface area contributed by atoms with Gasteiger partial charge in [-0.15, -0.1) is 10.2 Å². The molecule has 0 atom stereocenters. The number of benzene rings is 2. The van der Waals surface area contributed by atoms with Crippen LogP contribution >= 0.6 is 0 Å². The average Bonchev–Trinajstić information content (AvgIpc) is 3.15. The van der Waals surface area contributed by atoms with Gasteiger partial charge < -0.3 is 10.3 Å². The SMILES string of the molecule is Nc1cncc(-c2nnc3n2CCN(C2c4ccccc4CCc4ccccc42)C3)c1. The molecule has 0 saturated heterocycles. The van der Waals surface area contributed by atoms with Crippen LogP contribution in [0.5, 0.6) is 0 Å². The normalized spacial score (nSPS) is 16.3. The lowest BCUT2D eigenvalue weighted by atomic mass is 9.93. The van der Waals surface area contributed by atoms with Crippen LogP contribution in [0.4, 0.5) is 5.69 Å². The molecule has 0 spiro atoms. The van der Waals surface area contributed by atoms with Crippen molar-refractivity contribution in [1.29, 1.82) is 0 Å². The van der Waals surface area contributed by atoms with Crippen molar-refractivity contribution >= 4 is 5.69 Å². The summed E-state index contributed by atoms with van der Waals surface area (Å²) in [5.41, 5.74) is 13.2. The summed E-state index contributed by atoms with van der Waals surface area (Å²) in [4.78, 5) is 6.77. The average molecular weight is 409 g/mol. The third-order valence-electron chi connectivity index (χ3n) is 6.53. The summed E-state index contributed by atoms with van der Waals surface area (Å²) < 4.78 is 2.21. The highest BCUT2D eigenvalue weighted by Crippen LogP contribution is 2.38. The number of hydrogen-bond donors (Lipinski definition) is 1. The molecule has 0 fully saturated rings. The molecule has 0 saturated carbocycles. The first kappa shape index (κ1) is 18.3. The van der Waals surface area contributed by atoms with Gasteiger partial charge in [0, 0.05) is 31.0 Å². The lowest BCUT2D eigenvalue weighted by Crippen LogP contribution is -2.37. The zero-order valence-corrected chi connectivity index (χ0v) is 17.3. The number of fused-ring (bicyclic) bond motifs is 3. The molecular weight excluding hydrogens is 384 g/mol. The summed E-state index contributed by atoms with van der Waals surface area (Å²) >= 11 is 0. The molecule has 2 aromatic carbocycles. The monoisotopic (exact) mass is 408 g/mol. The first-order valence-electron chi connectivity index (χ1n) is 10.8. The molecule has 0 radical (unpaired) electrons. The first-order valence-corrected chi connectivity index (χ1v) is 10.8. The summed E-state index contributed by atoms with van der Waals surface area (Å²) in [5, 5.41) is 9.03. The molecule has 4 aromatic rings. The van der Waals surface area contributed by atoms with Crippen molar-refractivity contribution in [2.24, 2.45) is 0 Å². The van der Waals surface area contributed by atoms with Crippen molar-refractivity contribution in [3.63, 3.8) is 0 Å². The van der Waals surface area contributed by atoms with Gasteiger partial charge in [-0.3, -0.25) is 9.88 Å². The number of rotatable bonds is 2. The molecule has 2 aromatic heterocycles. The molecule has 1 aliphatic heterocycles. The van der Waals surface area contributed by atoms with Crippen molar-refractivity contribution in [3.8, 4) is 11.4 Å². The van der Waals surface area contributed by atoms with Crippen LogP contribution in [-0.4, -0.2) is 31.2 Å². The molecule has 2 N–H and O–H groups in total. The van der Waals surface area contributed by atoms with Crippen LogP contribution in [0.1, 0.15) is 34.1 Å². The molecule has 3 heterocycles. The van der Waals surface area contributed by atoms with Gasteiger partial charge in [-0.2, -0.15) is 0 Å². The lowest BCUT2D eigenvalue weighted by Gasteiger charge is -2.36. The van der Waals surface area contributed by atoms with Gasteiger partial charge in [0.2, 0.25) is 0 Å². The fourth-order valence-electron chi connectivity index (χ4n) is 5.08. The Labute approximate surface area is 181 Å². The quantitative estimate of drug-likeness (QED) is 0.548. The van der Waals surface area contributed by atoms with E-state index in [0.717, 1.165) is 49.7 Å². The van der Waals surface area contributed by atoms with Crippen LogP contribution in [0.25, 0.3) is 11.4 Å². The van der Waals surface area contributed by atoms with Gasteiger partial charge >= 0.3 is 0 Å². The van der Waals surface area contributed by atoms with Gasteiger partial charge in [0.05, 0.1) is 18.3 Å². The minimum atomic E-state index is 0.234. The van der Waals surface area contributed by atoms with Crippen molar-refractivity contribution in [1.82, 2.24) is 24.6 Å². The Morgan fingerprint density at radius 3 is 2.26 bits per heavy atom. The predicted molar refractivity (Wildman–Crippen MR) is 120 cm³/mol. The van der Waals surface area contributed by atoms with Gasteiger partial charge in [0.1, 0.15) is 5.82 Å². The Hall–Kier alpha value is -3.51. The highest BCUT2D eigenvalue weighted by atomic mass is 15.3. The van der Waals surface area contributed by atoms with Gasteiger partial charge in [0.15, 0.2) is 5.82 Å². The second-order valence-electron chi connectivity index (χ2n) is 8.37. The minimum Gasteiger partial charge on any atom is -0.397 e. The molecule has 0 amide bonds. The molecular formula is C25H24N6. The van der Waals surface area contributed by atoms with E-state index in [1.165, 1.54) is 22.3 Å². The van der Waals surface area contributed by atoms with Crippen LogP contribution in [0, 0.1) is 0 Å². The van der Waals surface area contributed by atoms with E-state index >= 15 is 0 Å². The van der Waals surface area contributed by atoms with Crippen LogP contribution in [0.3, 0.4) is 0 Å². The Bertz CT molecular complexity index is 1210. The Balaban J connectivity index is 1.40. The van der Waals surface area contributed by atoms with Gasteiger partial charge in [-0.05, 0) is 41.2 Å². The van der Waals surface area contributed by atoms with E-state index in [2.05, 4.69) is 73.2 Å². The number of nitrogens with zero attached hydrogens (tertiary/aromatic N) is 5. The first-order chi connectivity index (χ1) is 15.3. The molecule has 2 aliphatic rings. The molecule has 154 valence electrons. The number of nitrogens with two attached hydrogens (primary N) is 1. The Morgan fingerprint density at radius 1 is 0.839 bits per heavy atom. The number of aryl methyl sites for hydroxylation is 2. The Kier molecular flexibility index (Phi) is 4.32. The zero-order chi connectivity index (χ0) is 20.8. The van der Waals surface area contributed by atoms with Crippen molar-refractivity contribution in [3.05, 3.63) is 95.1 Å². The van der Waals surface area contributed by atoms with Gasteiger partial charge in [-0.25, -0.2) is 0 Å². The molecule has 6 heteroatoms. The second kappa shape index (κ2) is 7.32. The summed E-state index contributed by atoms with van der Waals surface area (Å²) in [7, 11) is 0. The third-order valence-corrected chi connectivity index (χ3v) is 6.53. The lowest BCUT2D eigenvalue weighted by molar-refractivity contribution is 0.176. The summed E-state index contributed by atoms with van der Waals surface area (Å²) in [6.07, 6.45) is 5.62. The summed E-state index contributed by atoms with van der Waals surface area (Å²) in [5.74, 6) is 1.83. The van der Waals surface area contributed by atoms with E-state index in [0.29, 0.717) is 5.69 Å². The minimum absolute atomic E-state index is 0.234. The van der Waals surface area contributed by atoms with Crippen molar-refractivity contribution < 1.29 is 0 Å². The van der Waals surface area contributed by atoms with E-state index in [9.17, 15) is 0 Å². The highest BCUT2D eigenvalue weighted by molar-refractivity contribution is 5.59. The third kappa shape index (κ3) is 3.11. The zero-order valence-electron chi connectivity index (χ0n) is 17.3. The van der Waals surface area contributed by atoms with E-state index < -0.39 is 0 Å². The van der Waals surface area contributed by atoms with Crippen LogP contribution in [0.2, 0.25) is 0 Å². The summed E-state index contributed by atoms with van der Waals surface area (Å²) in [6.45, 7) is 2.53. The highest BCUT2D eigenvalue weighted by Gasteiger charge is 2.32. The van der Waals surface area contributed by atoms with Crippen LogP contribution in [0.15, 0.2) is 67.0 Å². The molecule has 0 bridgehead atoms. The maximum atomic E-state index is 5.94. The molecule has 0 unspecified atom stereocenters. The number of nitrogen functional groups attached to an aromatic ring is 1. The maximum absolute atomic E-state index is 5.94. The smallest absolute Gasteiger partial charge is 0.165 e. The summed E-state index contributed by atoms with van der Waals surface area (Å²) in [6, 6.07) is 19.9.